The van der Waals surface area contributed by atoms with E-state index >= 15 is 0 Å². The quantitative estimate of drug-likeness (QED) is 0.486. The minimum absolute atomic E-state index is 1.14. The molecule has 0 bridgehead atoms. The first-order valence-electron chi connectivity index (χ1n) is 4.67. The van der Waals surface area contributed by atoms with Crippen LogP contribution < -0.4 is 0 Å². The second kappa shape index (κ2) is 4.41. The minimum Gasteiger partial charge on any atom is -0.0877 e. The van der Waals surface area contributed by atoms with E-state index in [2.05, 4.69) is 68.3 Å². The van der Waals surface area contributed by atoms with Crippen molar-refractivity contribution < 1.29 is 0 Å². The molecule has 1 aliphatic heterocycles. The molecule has 0 radical (unpaired) electrons. The number of hydrogen-bond donors (Lipinski definition) is 0. The van der Waals surface area contributed by atoms with Gasteiger partial charge >= 0.3 is 0 Å². The second-order valence-corrected chi connectivity index (χ2v) is 7.39. The Hall–Kier alpha value is 0.1000. The highest BCUT2D eigenvalue weighted by atomic mass is 79.9. The van der Waals surface area contributed by atoms with Crippen LogP contribution in [0.2, 0.25) is 0 Å². The van der Waals surface area contributed by atoms with E-state index in [1.54, 1.807) is 0 Å². The molecule has 0 atom stereocenters. The van der Waals surface area contributed by atoms with Gasteiger partial charge in [-0.1, -0.05) is 55.4 Å². The molecule has 0 nitrogen and oxygen atoms in total. The number of hydrogen-bond acceptors (Lipinski definition) is 2. The second-order valence-electron chi connectivity index (χ2n) is 3.39. The Morgan fingerprint density at radius 3 is 1.50 bits per heavy atom. The first kappa shape index (κ1) is 11.2. The fraction of sp³-hybridized carbons (Fsp3) is 0. The fourth-order valence-corrected chi connectivity index (χ4v) is 4.83. The van der Waals surface area contributed by atoms with Gasteiger partial charge in [0.05, 0.1) is 0 Å². The molecule has 16 heavy (non-hydrogen) atoms. The molecule has 1 heterocycles. The first-order chi connectivity index (χ1) is 7.72. The van der Waals surface area contributed by atoms with Crippen LogP contribution in [0, 0.1) is 0 Å². The molecule has 3 rings (SSSR count). The largest absolute Gasteiger partial charge is 0.0877 e. The Bertz CT molecular complexity index is 515. The van der Waals surface area contributed by atoms with Crippen molar-refractivity contribution >= 4 is 55.4 Å². The summed E-state index contributed by atoms with van der Waals surface area (Å²) in [4.78, 5) is 5.32. The number of fused-ring (bicyclic) bond motifs is 2. The first-order valence-corrected chi connectivity index (χ1v) is 7.89. The summed E-state index contributed by atoms with van der Waals surface area (Å²) in [7, 11) is 0. The van der Waals surface area contributed by atoms with Gasteiger partial charge in [0.2, 0.25) is 0 Å². The van der Waals surface area contributed by atoms with E-state index in [0.717, 1.165) is 8.95 Å². The highest BCUT2D eigenvalue weighted by molar-refractivity contribution is 9.10. The normalized spacial score (nSPS) is 13.1. The van der Waals surface area contributed by atoms with Crippen LogP contribution in [-0.2, 0) is 0 Å². The summed E-state index contributed by atoms with van der Waals surface area (Å²) in [6, 6.07) is 12.9. The molecular weight excluding hydrogens is 368 g/mol. The zero-order valence-electron chi connectivity index (χ0n) is 8.04. The summed E-state index contributed by atoms with van der Waals surface area (Å²) >= 11 is 10.7. The van der Waals surface area contributed by atoms with Gasteiger partial charge in [-0.3, -0.25) is 0 Å². The molecule has 0 unspecified atom stereocenters. The van der Waals surface area contributed by atoms with Crippen LogP contribution in [0.15, 0.2) is 64.9 Å². The molecule has 0 aliphatic carbocycles. The van der Waals surface area contributed by atoms with E-state index in [4.69, 9.17) is 0 Å². The van der Waals surface area contributed by atoms with Crippen molar-refractivity contribution in [1.82, 2.24) is 0 Å². The maximum atomic E-state index is 3.51. The Morgan fingerprint density at radius 2 is 1.06 bits per heavy atom. The summed E-state index contributed by atoms with van der Waals surface area (Å²) in [5.41, 5.74) is 0. The average molecular weight is 374 g/mol. The fourth-order valence-electron chi connectivity index (χ4n) is 1.53. The highest BCUT2D eigenvalue weighted by Gasteiger charge is 2.16. The summed E-state index contributed by atoms with van der Waals surface area (Å²) in [5.74, 6) is 0. The van der Waals surface area contributed by atoms with E-state index < -0.39 is 0 Å². The van der Waals surface area contributed by atoms with E-state index in [0.29, 0.717) is 0 Å². The maximum Gasteiger partial charge on any atom is 0.0273 e. The Labute approximate surface area is 119 Å². The predicted molar refractivity (Wildman–Crippen MR) is 76.5 cm³/mol. The van der Waals surface area contributed by atoms with Gasteiger partial charge in [0.1, 0.15) is 0 Å². The number of rotatable bonds is 0. The van der Waals surface area contributed by atoms with E-state index in [9.17, 15) is 0 Å². The Balaban J connectivity index is 2.09. The van der Waals surface area contributed by atoms with Crippen LogP contribution in [0.5, 0.6) is 0 Å². The lowest BCUT2D eigenvalue weighted by Gasteiger charge is -2.18. The zero-order chi connectivity index (χ0) is 11.1. The van der Waals surface area contributed by atoms with Crippen molar-refractivity contribution in [1.29, 1.82) is 0 Å². The molecule has 1 aliphatic rings. The molecule has 2 aromatic rings. The lowest BCUT2D eigenvalue weighted by atomic mass is 10.3. The third kappa shape index (κ3) is 2.08. The molecular formula is C12H6Br2S2. The van der Waals surface area contributed by atoms with Gasteiger partial charge < -0.3 is 0 Å². The predicted octanol–water partition coefficient (Wildman–Crippen LogP) is 5.83. The molecule has 0 aromatic heterocycles. The van der Waals surface area contributed by atoms with Crippen molar-refractivity contribution in [3.05, 3.63) is 45.3 Å². The lowest BCUT2D eigenvalue weighted by Crippen LogP contribution is -1.89. The van der Waals surface area contributed by atoms with Crippen LogP contribution in [0.4, 0.5) is 0 Å². The summed E-state index contributed by atoms with van der Waals surface area (Å²) in [6.45, 7) is 0. The standard InChI is InChI=1S/C12H6Br2S2/c13-7-1-3-9-11(5-7)16-10-4-2-8(14)6-12(10)15-9/h1-6H. The third-order valence-corrected chi connectivity index (χ3v) is 5.76. The van der Waals surface area contributed by atoms with Gasteiger partial charge in [-0.25, -0.2) is 0 Å². The SMILES string of the molecule is Brc1ccc2c(c1)Sc1ccc(Br)cc1S2. The van der Waals surface area contributed by atoms with Crippen molar-refractivity contribution in [2.75, 3.05) is 0 Å². The van der Waals surface area contributed by atoms with Crippen LogP contribution in [-0.4, -0.2) is 0 Å². The van der Waals surface area contributed by atoms with E-state index in [1.807, 2.05) is 23.5 Å². The van der Waals surface area contributed by atoms with Crippen LogP contribution >= 0.6 is 55.4 Å². The van der Waals surface area contributed by atoms with Crippen molar-refractivity contribution in [2.45, 2.75) is 19.6 Å². The average Bonchev–Trinajstić information content (AvgIpc) is 2.26. The van der Waals surface area contributed by atoms with E-state index in [1.165, 1.54) is 19.6 Å². The van der Waals surface area contributed by atoms with Crippen LogP contribution in [0.1, 0.15) is 0 Å². The summed E-state index contributed by atoms with van der Waals surface area (Å²) in [6.07, 6.45) is 0. The minimum atomic E-state index is 1.14. The zero-order valence-corrected chi connectivity index (χ0v) is 12.8. The molecule has 4 heteroatoms. The molecule has 0 N–H and O–H groups in total. The number of halogens is 2. The van der Waals surface area contributed by atoms with Gasteiger partial charge in [0.15, 0.2) is 0 Å². The Kier molecular flexibility index (Phi) is 3.09. The number of benzene rings is 2. The van der Waals surface area contributed by atoms with Gasteiger partial charge in [-0.05, 0) is 36.4 Å². The van der Waals surface area contributed by atoms with Crippen LogP contribution in [0.3, 0.4) is 0 Å². The Morgan fingerprint density at radius 1 is 0.625 bits per heavy atom. The van der Waals surface area contributed by atoms with Gasteiger partial charge in [-0.15, -0.1) is 0 Å². The topological polar surface area (TPSA) is 0 Å². The molecule has 0 fully saturated rings. The molecule has 0 spiro atoms. The molecule has 0 amide bonds. The van der Waals surface area contributed by atoms with Gasteiger partial charge in [-0.2, -0.15) is 0 Å². The molecule has 0 saturated carbocycles. The van der Waals surface area contributed by atoms with Crippen LogP contribution in [0.25, 0.3) is 0 Å². The van der Waals surface area contributed by atoms with Gasteiger partial charge in [0, 0.05) is 28.5 Å². The lowest BCUT2D eigenvalue weighted by molar-refractivity contribution is 1.15. The van der Waals surface area contributed by atoms with Gasteiger partial charge in [0.25, 0.3) is 0 Å². The smallest absolute Gasteiger partial charge is 0.0273 e. The monoisotopic (exact) mass is 372 g/mol. The third-order valence-electron chi connectivity index (χ3n) is 2.25. The highest BCUT2D eigenvalue weighted by Crippen LogP contribution is 2.49. The van der Waals surface area contributed by atoms with E-state index in [-0.39, 0.29) is 0 Å². The molecule has 0 saturated heterocycles. The summed E-state index contributed by atoms with van der Waals surface area (Å²) in [5, 5.41) is 0. The van der Waals surface area contributed by atoms with Crippen molar-refractivity contribution in [2.24, 2.45) is 0 Å². The summed E-state index contributed by atoms with van der Waals surface area (Å²) < 4.78 is 2.28. The molecule has 80 valence electrons. The van der Waals surface area contributed by atoms with Crippen molar-refractivity contribution in [3.63, 3.8) is 0 Å². The van der Waals surface area contributed by atoms with Crippen molar-refractivity contribution in [3.8, 4) is 0 Å². The molecule has 2 aromatic carbocycles. The maximum absolute atomic E-state index is 3.51.